The first kappa shape index (κ1) is 12.5. The van der Waals surface area contributed by atoms with Gasteiger partial charge in [0.15, 0.2) is 0 Å². The highest BCUT2D eigenvalue weighted by Crippen LogP contribution is 2.35. The SMILES string of the molecule is O=C1N[C@@]2(CCSC2)C(=O)N1Cc1sccc1Br. The number of nitrogens with zero attached hydrogens (tertiary/aromatic N) is 1. The summed E-state index contributed by atoms with van der Waals surface area (Å²) in [6, 6.07) is 1.67. The van der Waals surface area contributed by atoms with Crippen molar-refractivity contribution < 1.29 is 9.59 Å². The molecule has 0 bridgehead atoms. The lowest BCUT2D eigenvalue weighted by Gasteiger charge is -2.19. The third-order valence-corrected chi connectivity index (χ3v) is 6.36. The van der Waals surface area contributed by atoms with Crippen LogP contribution in [-0.2, 0) is 11.3 Å². The van der Waals surface area contributed by atoms with E-state index in [1.807, 2.05) is 11.4 Å². The molecule has 2 saturated heterocycles. The van der Waals surface area contributed by atoms with Gasteiger partial charge in [0.05, 0.1) is 6.54 Å². The number of halogens is 1. The van der Waals surface area contributed by atoms with Crippen LogP contribution in [0.5, 0.6) is 0 Å². The molecule has 1 aromatic rings. The zero-order chi connectivity index (χ0) is 12.8. The molecule has 0 aliphatic carbocycles. The highest BCUT2D eigenvalue weighted by molar-refractivity contribution is 9.10. The number of carbonyl (C=O) groups excluding carboxylic acids is 2. The van der Waals surface area contributed by atoms with Crippen LogP contribution < -0.4 is 5.32 Å². The second-order valence-electron chi connectivity index (χ2n) is 4.40. The van der Waals surface area contributed by atoms with Gasteiger partial charge in [-0.05, 0) is 39.6 Å². The molecule has 7 heteroatoms. The predicted octanol–water partition coefficient (Wildman–Crippen LogP) is 2.44. The van der Waals surface area contributed by atoms with Crippen LogP contribution >= 0.6 is 39.0 Å². The third-order valence-electron chi connectivity index (χ3n) is 3.26. The van der Waals surface area contributed by atoms with E-state index >= 15 is 0 Å². The van der Waals surface area contributed by atoms with Gasteiger partial charge in [0.2, 0.25) is 0 Å². The number of hydrogen-bond donors (Lipinski definition) is 1. The standard InChI is InChI=1S/C11H11BrN2O2S2/c12-7-1-3-18-8(7)5-14-9(15)11(13-10(14)16)2-4-17-6-11/h1,3H,2,4-6H2,(H,13,16)/t11-/m1/s1. The average Bonchev–Trinajstić information content (AvgIpc) is 3.00. The molecule has 4 nitrogen and oxygen atoms in total. The first-order valence-electron chi connectivity index (χ1n) is 5.56. The van der Waals surface area contributed by atoms with Gasteiger partial charge in [-0.15, -0.1) is 11.3 Å². The van der Waals surface area contributed by atoms with E-state index in [4.69, 9.17) is 0 Å². The second-order valence-corrected chi connectivity index (χ2v) is 7.36. The van der Waals surface area contributed by atoms with Crippen LogP contribution in [0.15, 0.2) is 15.9 Å². The molecule has 3 amide bonds. The minimum Gasteiger partial charge on any atom is -0.322 e. The Kier molecular flexibility index (Phi) is 3.15. The smallest absolute Gasteiger partial charge is 0.322 e. The average molecular weight is 347 g/mol. The van der Waals surface area contributed by atoms with Crippen LogP contribution in [0.3, 0.4) is 0 Å². The Hall–Kier alpha value is -0.530. The molecule has 96 valence electrons. The molecule has 2 aliphatic rings. The fraction of sp³-hybridized carbons (Fsp3) is 0.455. The topological polar surface area (TPSA) is 49.4 Å². The number of imide groups is 1. The first-order chi connectivity index (χ1) is 8.62. The molecule has 0 aromatic carbocycles. The quantitative estimate of drug-likeness (QED) is 0.836. The lowest BCUT2D eigenvalue weighted by molar-refractivity contribution is -0.130. The number of thiophene rings is 1. The summed E-state index contributed by atoms with van der Waals surface area (Å²) in [5.41, 5.74) is -0.633. The van der Waals surface area contributed by atoms with Crippen LogP contribution in [0.1, 0.15) is 11.3 Å². The van der Waals surface area contributed by atoms with Crippen molar-refractivity contribution in [3.8, 4) is 0 Å². The minimum absolute atomic E-state index is 0.0715. The molecule has 1 N–H and O–H groups in total. The van der Waals surface area contributed by atoms with Crippen LogP contribution in [-0.4, -0.2) is 33.9 Å². The normalized spacial score (nSPS) is 27.3. The maximum Gasteiger partial charge on any atom is 0.325 e. The summed E-state index contributed by atoms with van der Waals surface area (Å²) in [4.78, 5) is 26.7. The van der Waals surface area contributed by atoms with Gasteiger partial charge < -0.3 is 5.32 Å². The number of hydrogen-bond acceptors (Lipinski definition) is 4. The lowest BCUT2D eigenvalue weighted by atomic mass is 9.99. The fourth-order valence-corrected chi connectivity index (χ4v) is 5.02. The first-order valence-corrected chi connectivity index (χ1v) is 8.39. The number of carbonyl (C=O) groups is 2. The van der Waals surface area contributed by atoms with E-state index in [-0.39, 0.29) is 11.9 Å². The molecule has 1 aromatic heterocycles. The Morgan fingerprint density at radius 1 is 1.50 bits per heavy atom. The number of thioether (sulfide) groups is 1. The Morgan fingerprint density at radius 3 is 2.94 bits per heavy atom. The van der Waals surface area contributed by atoms with Gasteiger partial charge in [0.1, 0.15) is 5.54 Å². The Balaban J connectivity index is 1.83. The highest BCUT2D eigenvalue weighted by Gasteiger charge is 2.52. The van der Waals surface area contributed by atoms with E-state index < -0.39 is 5.54 Å². The van der Waals surface area contributed by atoms with Crippen molar-refractivity contribution in [1.82, 2.24) is 10.2 Å². The van der Waals surface area contributed by atoms with E-state index in [0.29, 0.717) is 12.3 Å². The lowest BCUT2D eigenvalue weighted by Crippen LogP contribution is -2.46. The van der Waals surface area contributed by atoms with Crippen molar-refractivity contribution in [2.45, 2.75) is 18.5 Å². The maximum atomic E-state index is 12.4. The number of amides is 3. The van der Waals surface area contributed by atoms with E-state index in [1.165, 1.54) is 4.90 Å². The molecule has 18 heavy (non-hydrogen) atoms. The summed E-state index contributed by atoms with van der Waals surface area (Å²) in [5.74, 6) is 1.56. The highest BCUT2D eigenvalue weighted by atomic mass is 79.9. The molecule has 3 rings (SSSR count). The molecule has 1 atom stereocenters. The van der Waals surface area contributed by atoms with Gasteiger partial charge in [-0.3, -0.25) is 9.69 Å². The molecular weight excluding hydrogens is 336 g/mol. The van der Waals surface area contributed by atoms with Crippen molar-refractivity contribution in [3.63, 3.8) is 0 Å². The van der Waals surface area contributed by atoms with Crippen molar-refractivity contribution >= 4 is 51.0 Å². The predicted molar refractivity (Wildman–Crippen MR) is 75.8 cm³/mol. The second kappa shape index (κ2) is 4.54. The van der Waals surface area contributed by atoms with Crippen molar-refractivity contribution in [3.05, 3.63) is 20.8 Å². The number of rotatable bonds is 2. The molecular formula is C11H11BrN2O2S2. The van der Waals surface area contributed by atoms with Crippen LogP contribution in [0.2, 0.25) is 0 Å². The van der Waals surface area contributed by atoms with E-state index in [0.717, 1.165) is 21.5 Å². The largest absolute Gasteiger partial charge is 0.325 e. The van der Waals surface area contributed by atoms with Gasteiger partial charge in [0, 0.05) is 15.1 Å². The monoisotopic (exact) mass is 346 g/mol. The summed E-state index contributed by atoms with van der Waals surface area (Å²) < 4.78 is 0.954. The third kappa shape index (κ3) is 1.88. The summed E-state index contributed by atoms with van der Waals surface area (Å²) in [6.45, 7) is 0.356. The van der Waals surface area contributed by atoms with E-state index in [9.17, 15) is 9.59 Å². The molecule has 0 saturated carbocycles. The molecule has 2 aliphatic heterocycles. The fourth-order valence-electron chi connectivity index (χ4n) is 2.23. The van der Waals surface area contributed by atoms with Crippen molar-refractivity contribution in [1.29, 1.82) is 0 Å². The van der Waals surface area contributed by atoms with Gasteiger partial charge in [-0.25, -0.2) is 4.79 Å². The van der Waals surface area contributed by atoms with Gasteiger partial charge in [0.25, 0.3) is 5.91 Å². The number of urea groups is 1. The Labute approximate surface area is 121 Å². The molecule has 1 spiro atoms. The molecule has 3 heterocycles. The van der Waals surface area contributed by atoms with Crippen LogP contribution in [0.4, 0.5) is 4.79 Å². The minimum atomic E-state index is -0.633. The summed E-state index contributed by atoms with van der Waals surface area (Å²) in [6.07, 6.45) is 0.740. The van der Waals surface area contributed by atoms with Gasteiger partial charge in [-0.2, -0.15) is 11.8 Å². The molecule has 0 unspecified atom stereocenters. The van der Waals surface area contributed by atoms with Gasteiger partial charge in [-0.1, -0.05) is 0 Å². The zero-order valence-corrected chi connectivity index (χ0v) is 12.7. The Morgan fingerprint density at radius 2 is 2.33 bits per heavy atom. The van der Waals surface area contributed by atoms with Crippen LogP contribution in [0, 0.1) is 0 Å². The van der Waals surface area contributed by atoms with E-state index in [1.54, 1.807) is 23.1 Å². The van der Waals surface area contributed by atoms with Crippen LogP contribution in [0.25, 0.3) is 0 Å². The van der Waals surface area contributed by atoms with E-state index in [2.05, 4.69) is 21.2 Å². The van der Waals surface area contributed by atoms with Crippen molar-refractivity contribution in [2.75, 3.05) is 11.5 Å². The Bertz CT molecular complexity index is 511. The van der Waals surface area contributed by atoms with Gasteiger partial charge >= 0.3 is 6.03 Å². The summed E-state index contributed by atoms with van der Waals surface area (Å²) in [5, 5.41) is 4.81. The zero-order valence-electron chi connectivity index (χ0n) is 9.44. The maximum absolute atomic E-state index is 12.4. The summed E-state index contributed by atoms with van der Waals surface area (Å²) in [7, 11) is 0. The number of nitrogens with one attached hydrogen (secondary N) is 1. The van der Waals surface area contributed by atoms with Crippen molar-refractivity contribution in [2.24, 2.45) is 0 Å². The summed E-state index contributed by atoms with van der Waals surface area (Å²) >= 11 is 6.69. The molecule has 2 fully saturated rings. The molecule has 0 radical (unpaired) electrons.